The highest BCUT2D eigenvalue weighted by atomic mass is 16.6. The van der Waals surface area contributed by atoms with Gasteiger partial charge in [0.15, 0.2) is 0 Å². The Hall–Kier alpha value is -2.89. The minimum absolute atomic E-state index is 0.0501. The van der Waals surface area contributed by atoms with Crippen LogP contribution in [0.2, 0.25) is 0 Å². The molecule has 6 heteroatoms. The summed E-state index contributed by atoms with van der Waals surface area (Å²) >= 11 is 0. The molecule has 0 amide bonds. The summed E-state index contributed by atoms with van der Waals surface area (Å²) in [5.41, 5.74) is 2.78. The summed E-state index contributed by atoms with van der Waals surface area (Å²) in [6.07, 6.45) is 7.00. The van der Waals surface area contributed by atoms with Crippen LogP contribution in [0.15, 0.2) is 48.7 Å². The Kier molecular flexibility index (Phi) is 3.45. The van der Waals surface area contributed by atoms with Crippen LogP contribution in [0.4, 0.5) is 11.4 Å². The number of nitro benzene ring substituents is 1. The van der Waals surface area contributed by atoms with E-state index in [1.807, 2.05) is 18.2 Å². The number of anilines is 1. The Morgan fingerprint density at radius 3 is 2.96 bits per heavy atom. The number of rotatable bonds is 3. The van der Waals surface area contributed by atoms with Crippen LogP contribution in [0.5, 0.6) is 5.75 Å². The Balaban J connectivity index is 1.86. The highest BCUT2D eigenvalue weighted by Gasteiger charge is 2.40. The molecule has 0 bridgehead atoms. The lowest BCUT2D eigenvalue weighted by atomic mass is 9.78. The van der Waals surface area contributed by atoms with Gasteiger partial charge in [-0.2, -0.15) is 0 Å². The van der Waals surface area contributed by atoms with Gasteiger partial charge in [-0.1, -0.05) is 18.2 Å². The number of methoxy groups -OCH3 is 1. The summed E-state index contributed by atoms with van der Waals surface area (Å²) in [6.45, 7) is 0. The van der Waals surface area contributed by atoms with E-state index < -0.39 is 0 Å². The second-order valence-electron chi connectivity index (χ2n) is 6.10. The summed E-state index contributed by atoms with van der Waals surface area (Å²) in [5.74, 6) is 0.917. The Morgan fingerprint density at radius 1 is 1.38 bits per heavy atom. The summed E-state index contributed by atoms with van der Waals surface area (Å²) < 4.78 is 5.42. The van der Waals surface area contributed by atoms with E-state index in [0.717, 1.165) is 23.4 Å². The van der Waals surface area contributed by atoms with E-state index in [9.17, 15) is 10.1 Å². The van der Waals surface area contributed by atoms with Crippen LogP contribution in [0.3, 0.4) is 0 Å². The first-order valence-electron chi connectivity index (χ1n) is 7.89. The Labute approximate surface area is 139 Å². The van der Waals surface area contributed by atoms with Gasteiger partial charge in [-0.05, 0) is 30.0 Å². The molecule has 6 nitrogen and oxygen atoms in total. The molecule has 3 atom stereocenters. The van der Waals surface area contributed by atoms with Gasteiger partial charge in [0, 0.05) is 18.2 Å². The van der Waals surface area contributed by atoms with Crippen LogP contribution < -0.4 is 10.1 Å². The molecule has 0 saturated heterocycles. The van der Waals surface area contributed by atoms with Gasteiger partial charge in [0.25, 0.3) is 5.69 Å². The van der Waals surface area contributed by atoms with Gasteiger partial charge in [-0.15, -0.1) is 0 Å². The first-order valence-corrected chi connectivity index (χ1v) is 7.89. The molecule has 1 N–H and O–H groups in total. The average Bonchev–Trinajstić information content (AvgIpc) is 3.10. The molecular formula is C18H17N3O3. The number of fused-ring (bicyclic) bond motifs is 3. The maximum Gasteiger partial charge on any atom is 0.273 e. The number of non-ortho nitro benzene ring substituents is 1. The smallest absolute Gasteiger partial charge is 0.273 e. The van der Waals surface area contributed by atoms with Gasteiger partial charge in [0.1, 0.15) is 5.75 Å². The van der Waals surface area contributed by atoms with Crippen LogP contribution in [-0.2, 0) is 0 Å². The normalized spacial score (nSPS) is 24.0. The van der Waals surface area contributed by atoms with E-state index >= 15 is 0 Å². The topological polar surface area (TPSA) is 77.3 Å². The first-order chi connectivity index (χ1) is 11.7. The molecule has 1 aromatic carbocycles. The second kappa shape index (κ2) is 5.63. The predicted octanol–water partition coefficient (Wildman–Crippen LogP) is 3.82. The van der Waals surface area contributed by atoms with Crippen LogP contribution in [0.25, 0.3) is 0 Å². The third-order valence-electron chi connectivity index (χ3n) is 4.85. The van der Waals surface area contributed by atoms with Crippen LogP contribution in [-0.4, -0.2) is 17.0 Å². The second-order valence-corrected chi connectivity index (χ2v) is 6.10. The van der Waals surface area contributed by atoms with Crippen molar-refractivity contribution in [2.24, 2.45) is 5.92 Å². The molecule has 2 aromatic rings. The molecule has 2 aliphatic rings. The SMILES string of the molecule is COc1cc([N+](=O)[O-])cc2c1N[C@H](c1ccccn1)[C@H]1CC=C[C@H]21. The van der Waals surface area contributed by atoms with Crippen LogP contribution >= 0.6 is 0 Å². The average molecular weight is 323 g/mol. The van der Waals surface area contributed by atoms with Crippen molar-refractivity contribution in [1.29, 1.82) is 0 Å². The third kappa shape index (κ3) is 2.22. The maximum atomic E-state index is 11.2. The van der Waals surface area contributed by atoms with Crippen LogP contribution in [0, 0.1) is 16.0 Å². The van der Waals surface area contributed by atoms with Crippen molar-refractivity contribution in [3.8, 4) is 5.75 Å². The van der Waals surface area contributed by atoms with Gasteiger partial charge in [0.05, 0.1) is 35.5 Å². The molecule has 2 heterocycles. The molecule has 0 saturated carbocycles. The van der Waals surface area contributed by atoms with E-state index in [0.29, 0.717) is 11.7 Å². The molecule has 1 aliphatic heterocycles. The van der Waals surface area contributed by atoms with Crippen molar-refractivity contribution in [2.75, 3.05) is 12.4 Å². The lowest BCUT2D eigenvalue weighted by molar-refractivity contribution is -0.385. The van der Waals surface area contributed by atoms with Crippen LogP contribution in [0.1, 0.15) is 29.6 Å². The highest BCUT2D eigenvalue weighted by Crippen LogP contribution is 2.52. The number of hydrogen-bond acceptors (Lipinski definition) is 5. The third-order valence-corrected chi connectivity index (χ3v) is 4.85. The Bertz CT molecular complexity index is 820. The Morgan fingerprint density at radius 2 is 2.25 bits per heavy atom. The molecule has 0 spiro atoms. The molecule has 0 unspecified atom stereocenters. The van der Waals surface area contributed by atoms with Crippen molar-refractivity contribution in [3.05, 3.63) is 70.1 Å². The van der Waals surface area contributed by atoms with Crippen molar-refractivity contribution >= 4 is 11.4 Å². The quantitative estimate of drug-likeness (QED) is 0.528. The fourth-order valence-electron chi connectivity index (χ4n) is 3.77. The van der Waals surface area contributed by atoms with Gasteiger partial charge < -0.3 is 10.1 Å². The van der Waals surface area contributed by atoms with Crippen molar-refractivity contribution in [1.82, 2.24) is 4.98 Å². The number of nitro groups is 1. The lowest BCUT2D eigenvalue weighted by Gasteiger charge is -2.37. The molecule has 1 aliphatic carbocycles. The summed E-state index contributed by atoms with van der Waals surface area (Å²) in [7, 11) is 1.54. The molecule has 0 fully saturated rings. The van der Waals surface area contributed by atoms with Crippen molar-refractivity contribution in [2.45, 2.75) is 18.4 Å². The number of benzene rings is 1. The number of aromatic nitrogens is 1. The molecule has 0 radical (unpaired) electrons. The summed E-state index contributed by atoms with van der Waals surface area (Å²) in [4.78, 5) is 15.4. The standard InChI is InChI=1S/C18H17N3O3/c1-24-16-10-11(21(22)23)9-14-12-5-4-6-13(12)17(20-18(14)16)15-7-2-3-8-19-15/h2-5,7-10,12-13,17,20H,6H2,1H3/t12-,13-,17-/m0/s1. The van der Waals surface area contributed by atoms with Gasteiger partial charge in [-0.3, -0.25) is 15.1 Å². The molecule has 24 heavy (non-hydrogen) atoms. The zero-order valence-corrected chi connectivity index (χ0v) is 13.2. The number of pyridine rings is 1. The molecule has 122 valence electrons. The zero-order chi connectivity index (χ0) is 16.7. The fraction of sp³-hybridized carbons (Fsp3) is 0.278. The van der Waals surface area contributed by atoms with E-state index in [4.69, 9.17) is 4.74 Å². The van der Waals surface area contributed by atoms with Crippen molar-refractivity contribution < 1.29 is 9.66 Å². The number of hydrogen-bond donors (Lipinski definition) is 1. The monoisotopic (exact) mass is 323 g/mol. The zero-order valence-electron chi connectivity index (χ0n) is 13.2. The van der Waals surface area contributed by atoms with E-state index in [2.05, 4.69) is 22.5 Å². The first kappa shape index (κ1) is 14.7. The number of allylic oxidation sites excluding steroid dienone is 2. The maximum absolute atomic E-state index is 11.2. The minimum atomic E-state index is -0.374. The van der Waals surface area contributed by atoms with Gasteiger partial charge in [-0.25, -0.2) is 0 Å². The van der Waals surface area contributed by atoms with E-state index in [-0.39, 0.29) is 22.6 Å². The van der Waals surface area contributed by atoms with Crippen molar-refractivity contribution in [3.63, 3.8) is 0 Å². The largest absolute Gasteiger partial charge is 0.494 e. The minimum Gasteiger partial charge on any atom is -0.494 e. The van der Waals surface area contributed by atoms with Gasteiger partial charge >= 0.3 is 0 Å². The highest BCUT2D eigenvalue weighted by molar-refractivity contribution is 5.70. The molecular weight excluding hydrogens is 306 g/mol. The fourth-order valence-corrected chi connectivity index (χ4v) is 3.77. The van der Waals surface area contributed by atoms with E-state index in [1.165, 1.54) is 13.2 Å². The summed E-state index contributed by atoms with van der Waals surface area (Å²) in [5, 5.41) is 14.8. The molecule has 1 aromatic heterocycles. The molecule has 4 rings (SSSR count). The number of ether oxygens (including phenoxy) is 1. The number of nitrogens with zero attached hydrogens (tertiary/aromatic N) is 2. The predicted molar refractivity (Wildman–Crippen MR) is 90.2 cm³/mol. The summed E-state index contributed by atoms with van der Waals surface area (Å²) in [6, 6.07) is 9.07. The van der Waals surface area contributed by atoms with E-state index in [1.54, 1.807) is 12.3 Å². The number of nitrogens with one attached hydrogen (secondary N) is 1. The lowest BCUT2D eigenvalue weighted by Crippen LogP contribution is -2.30. The van der Waals surface area contributed by atoms with Gasteiger partial charge in [0.2, 0.25) is 0 Å².